The molecule has 0 saturated carbocycles. The second-order valence-corrected chi connectivity index (χ2v) is 5.37. The molecule has 0 spiro atoms. The van der Waals surface area contributed by atoms with Gasteiger partial charge in [-0.2, -0.15) is 18.3 Å². The van der Waals surface area contributed by atoms with E-state index < -0.39 is 12.1 Å². The SMILES string of the molecule is O=C(Nc1ccc(Cc2n[nH]c(=O)c3ccccc23)cc1)C(F)(F)F. The van der Waals surface area contributed by atoms with Gasteiger partial charge < -0.3 is 5.32 Å². The van der Waals surface area contributed by atoms with Crippen LogP contribution in [0.4, 0.5) is 18.9 Å². The van der Waals surface area contributed by atoms with Gasteiger partial charge in [-0.25, -0.2) is 5.10 Å². The molecular weight excluding hydrogens is 335 g/mol. The molecule has 0 fully saturated rings. The summed E-state index contributed by atoms with van der Waals surface area (Å²) in [4.78, 5) is 22.7. The van der Waals surface area contributed by atoms with E-state index in [0.29, 0.717) is 22.9 Å². The van der Waals surface area contributed by atoms with Crippen LogP contribution in [-0.4, -0.2) is 22.3 Å². The first-order valence-electron chi connectivity index (χ1n) is 7.28. The maximum atomic E-state index is 12.2. The zero-order chi connectivity index (χ0) is 18.0. The van der Waals surface area contributed by atoms with Crippen LogP contribution in [0.25, 0.3) is 10.8 Å². The molecule has 25 heavy (non-hydrogen) atoms. The minimum Gasteiger partial charge on any atom is -0.318 e. The molecule has 1 aromatic heterocycles. The van der Waals surface area contributed by atoms with Crippen molar-refractivity contribution in [1.82, 2.24) is 10.2 Å². The number of hydrogen-bond acceptors (Lipinski definition) is 3. The molecule has 2 N–H and O–H groups in total. The van der Waals surface area contributed by atoms with Gasteiger partial charge in [0.15, 0.2) is 0 Å². The van der Waals surface area contributed by atoms with Gasteiger partial charge in [0.25, 0.3) is 5.56 Å². The fourth-order valence-corrected chi connectivity index (χ4v) is 2.41. The number of carbonyl (C=O) groups excluding carboxylic acids is 1. The average molecular weight is 347 g/mol. The van der Waals surface area contributed by atoms with Gasteiger partial charge in [-0.05, 0) is 23.8 Å². The standard InChI is InChI=1S/C17H12F3N3O2/c18-17(19,20)16(25)21-11-7-5-10(6-8-11)9-14-12-3-1-2-4-13(12)15(24)23-22-14/h1-8H,9H2,(H,21,25)(H,23,24). The monoisotopic (exact) mass is 347 g/mol. The number of alkyl halides is 3. The lowest BCUT2D eigenvalue weighted by molar-refractivity contribution is -0.167. The fraction of sp³-hybridized carbons (Fsp3) is 0.118. The fourth-order valence-electron chi connectivity index (χ4n) is 2.41. The Morgan fingerprint density at radius 1 is 1.04 bits per heavy atom. The normalized spacial score (nSPS) is 11.5. The minimum atomic E-state index is -4.93. The largest absolute Gasteiger partial charge is 0.471 e. The first-order valence-corrected chi connectivity index (χ1v) is 7.28. The quantitative estimate of drug-likeness (QED) is 0.765. The maximum Gasteiger partial charge on any atom is 0.471 e. The van der Waals surface area contributed by atoms with Crippen LogP contribution in [0.5, 0.6) is 0 Å². The van der Waals surface area contributed by atoms with Crippen molar-refractivity contribution in [3.05, 3.63) is 70.1 Å². The van der Waals surface area contributed by atoms with Crippen LogP contribution in [0, 0.1) is 0 Å². The summed E-state index contributed by atoms with van der Waals surface area (Å²) in [5.41, 5.74) is 1.17. The lowest BCUT2D eigenvalue weighted by Crippen LogP contribution is -2.29. The van der Waals surface area contributed by atoms with E-state index in [2.05, 4.69) is 10.2 Å². The molecule has 8 heteroatoms. The molecule has 1 amide bonds. The number of carbonyl (C=O) groups is 1. The van der Waals surface area contributed by atoms with Gasteiger partial charge in [0, 0.05) is 17.5 Å². The van der Waals surface area contributed by atoms with Crippen LogP contribution in [0.1, 0.15) is 11.3 Å². The van der Waals surface area contributed by atoms with E-state index in [0.717, 1.165) is 5.56 Å². The van der Waals surface area contributed by atoms with Crippen molar-refractivity contribution < 1.29 is 18.0 Å². The van der Waals surface area contributed by atoms with E-state index in [1.165, 1.54) is 12.1 Å². The number of nitrogens with zero attached hydrogens (tertiary/aromatic N) is 1. The molecule has 3 rings (SSSR count). The Morgan fingerprint density at radius 2 is 1.68 bits per heavy atom. The molecule has 0 aliphatic carbocycles. The van der Waals surface area contributed by atoms with Gasteiger partial charge in [-0.1, -0.05) is 30.3 Å². The number of hydrogen-bond donors (Lipinski definition) is 2. The van der Waals surface area contributed by atoms with Crippen LogP contribution in [0.2, 0.25) is 0 Å². The highest BCUT2D eigenvalue weighted by Gasteiger charge is 2.38. The Kier molecular flexibility index (Phi) is 4.26. The summed E-state index contributed by atoms with van der Waals surface area (Å²) >= 11 is 0. The third kappa shape index (κ3) is 3.68. The predicted octanol–water partition coefficient (Wildman–Crippen LogP) is 3.01. The van der Waals surface area contributed by atoms with Crippen molar-refractivity contribution in [2.45, 2.75) is 12.6 Å². The number of anilines is 1. The first-order chi connectivity index (χ1) is 11.8. The Hall–Kier alpha value is -3.16. The number of benzene rings is 2. The van der Waals surface area contributed by atoms with Gasteiger partial charge in [-0.3, -0.25) is 9.59 Å². The molecule has 0 aliphatic heterocycles. The Balaban J connectivity index is 1.82. The van der Waals surface area contributed by atoms with Crippen LogP contribution in [-0.2, 0) is 11.2 Å². The third-order valence-electron chi connectivity index (χ3n) is 3.62. The highest BCUT2D eigenvalue weighted by molar-refractivity contribution is 5.94. The highest BCUT2D eigenvalue weighted by Crippen LogP contribution is 2.20. The molecule has 0 unspecified atom stereocenters. The van der Waals surface area contributed by atoms with Crippen molar-refractivity contribution in [2.75, 3.05) is 5.32 Å². The molecule has 0 radical (unpaired) electrons. The van der Waals surface area contributed by atoms with Gasteiger partial charge in [0.05, 0.1) is 11.1 Å². The summed E-state index contributed by atoms with van der Waals surface area (Å²) in [5.74, 6) is -2.02. The lowest BCUT2D eigenvalue weighted by Gasteiger charge is -2.09. The number of fused-ring (bicyclic) bond motifs is 1. The van der Waals surface area contributed by atoms with Crippen LogP contribution in [0.3, 0.4) is 0 Å². The van der Waals surface area contributed by atoms with E-state index in [9.17, 15) is 22.8 Å². The third-order valence-corrected chi connectivity index (χ3v) is 3.62. The zero-order valence-corrected chi connectivity index (χ0v) is 12.7. The van der Waals surface area contributed by atoms with Crippen molar-refractivity contribution in [2.24, 2.45) is 0 Å². The molecule has 3 aromatic rings. The number of rotatable bonds is 3. The molecule has 0 aliphatic rings. The summed E-state index contributed by atoms with van der Waals surface area (Å²) < 4.78 is 36.7. The number of H-pyrrole nitrogens is 1. The van der Waals surface area contributed by atoms with E-state index in [4.69, 9.17) is 0 Å². The molecule has 128 valence electrons. The van der Waals surface area contributed by atoms with Crippen LogP contribution < -0.4 is 10.9 Å². The molecule has 0 bridgehead atoms. The smallest absolute Gasteiger partial charge is 0.318 e. The number of amides is 1. The summed E-state index contributed by atoms with van der Waals surface area (Å²) in [5, 5.41) is 9.49. The van der Waals surface area contributed by atoms with Crippen molar-refractivity contribution >= 4 is 22.4 Å². The van der Waals surface area contributed by atoms with Crippen LogP contribution in [0.15, 0.2) is 53.3 Å². The van der Waals surface area contributed by atoms with Gasteiger partial charge in [0.2, 0.25) is 0 Å². The minimum absolute atomic E-state index is 0.0466. The Bertz CT molecular complexity index is 979. The lowest BCUT2D eigenvalue weighted by atomic mass is 10.0. The number of aromatic amines is 1. The zero-order valence-electron chi connectivity index (χ0n) is 12.7. The molecule has 2 aromatic carbocycles. The van der Waals surface area contributed by atoms with Gasteiger partial charge in [0.1, 0.15) is 0 Å². The van der Waals surface area contributed by atoms with Gasteiger partial charge in [-0.15, -0.1) is 0 Å². The van der Waals surface area contributed by atoms with Gasteiger partial charge >= 0.3 is 12.1 Å². The number of halogens is 3. The number of aromatic nitrogens is 2. The Morgan fingerprint density at radius 3 is 2.32 bits per heavy atom. The molecular formula is C17H12F3N3O2. The van der Waals surface area contributed by atoms with Crippen LogP contribution >= 0.6 is 0 Å². The topological polar surface area (TPSA) is 74.8 Å². The average Bonchev–Trinajstić information content (AvgIpc) is 2.58. The van der Waals surface area contributed by atoms with E-state index in [-0.39, 0.29) is 11.2 Å². The summed E-state index contributed by atoms with van der Waals surface area (Å²) in [7, 11) is 0. The van der Waals surface area contributed by atoms with E-state index in [1.807, 2.05) is 0 Å². The second-order valence-electron chi connectivity index (χ2n) is 5.37. The summed E-state index contributed by atoms with van der Waals surface area (Å²) in [6, 6.07) is 13.0. The van der Waals surface area contributed by atoms with Crippen molar-refractivity contribution in [3.8, 4) is 0 Å². The molecule has 5 nitrogen and oxygen atoms in total. The first kappa shape index (κ1) is 16.7. The summed E-state index contributed by atoms with van der Waals surface area (Å²) in [6.45, 7) is 0. The van der Waals surface area contributed by atoms with Crippen molar-refractivity contribution in [3.63, 3.8) is 0 Å². The number of nitrogens with one attached hydrogen (secondary N) is 2. The maximum absolute atomic E-state index is 12.2. The molecule has 0 saturated heterocycles. The summed E-state index contributed by atoms with van der Waals surface area (Å²) in [6.07, 6.45) is -4.55. The second kappa shape index (κ2) is 6.39. The Labute approximate surface area is 139 Å². The molecule has 0 atom stereocenters. The van der Waals surface area contributed by atoms with E-state index in [1.54, 1.807) is 41.7 Å². The predicted molar refractivity (Wildman–Crippen MR) is 86.3 cm³/mol. The van der Waals surface area contributed by atoms with E-state index >= 15 is 0 Å². The highest BCUT2D eigenvalue weighted by atomic mass is 19.4. The molecule has 1 heterocycles. The van der Waals surface area contributed by atoms with Crippen molar-refractivity contribution in [1.29, 1.82) is 0 Å².